The Morgan fingerprint density at radius 1 is 1.31 bits per heavy atom. The lowest BCUT2D eigenvalue weighted by molar-refractivity contribution is 0.255. The highest BCUT2D eigenvalue weighted by Crippen LogP contribution is 2.32. The summed E-state index contributed by atoms with van der Waals surface area (Å²) >= 11 is 0. The summed E-state index contributed by atoms with van der Waals surface area (Å²) < 4.78 is 0. The van der Waals surface area contributed by atoms with Gasteiger partial charge in [-0.2, -0.15) is 5.26 Å². The molecule has 8 heteroatoms. The predicted octanol–water partition coefficient (Wildman–Crippen LogP) is 3.65. The number of hydrogen-bond acceptors (Lipinski definition) is 6. The maximum Gasteiger partial charge on any atom is 0.328 e. The minimum Gasteiger partial charge on any atom is -0.382 e. The molecule has 0 bridgehead atoms. The number of nitrogens with zero attached hydrogens (tertiary/aromatic N) is 5. The van der Waals surface area contributed by atoms with E-state index in [1.807, 2.05) is 31.2 Å². The second-order valence-electron chi connectivity index (χ2n) is 6.72. The van der Waals surface area contributed by atoms with Gasteiger partial charge in [0.1, 0.15) is 12.1 Å². The number of nitriles is 1. The first-order valence-electron chi connectivity index (χ1n) is 9.27. The van der Waals surface area contributed by atoms with Gasteiger partial charge in [0.05, 0.1) is 23.0 Å². The summed E-state index contributed by atoms with van der Waals surface area (Å²) in [6.45, 7) is 2.72. The number of anilines is 3. The van der Waals surface area contributed by atoms with Crippen LogP contribution in [0.3, 0.4) is 0 Å². The molecule has 4 rings (SSSR count). The molecule has 2 N–H and O–H groups in total. The van der Waals surface area contributed by atoms with Gasteiger partial charge in [0.2, 0.25) is 0 Å². The largest absolute Gasteiger partial charge is 0.382 e. The van der Waals surface area contributed by atoms with E-state index in [1.165, 1.54) is 6.33 Å². The van der Waals surface area contributed by atoms with Crippen LogP contribution in [0.2, 0.25) is 0 Å². The lowest BCUT2D eigenvalue weighted by Gasteiger charge is -2.27. The molecule has 0 spiro atoms. The van der Waals surface area contributed by atoms with Gasteiger partial charge in [-0.1, -0.05) is 12.1 Å². The summed E-state index contributed by atoms with van der Waals surface area (Å²) in [6.07, 6.45) is 3.73. The van der Waals surface area contributed by atoms with Gasteiger partial charge < -0.3 is 5.32 Å². The Kier molecular flexibility index (Phi) is 5.03. The summed E-state index contributed by atoms with van der Waals surface area (Å²) in [4.78, 5) is 27.4. The van der Waals surface area contributed by atoms with Gasteiger partial charge in [-0.3, -0.25) is 10.2 Å². The van der Waals surface area contributed by atoms with Crippen LogP contribution in [-0.2, 0) is 0 Å². The highest BCUT2D eigenvalue weighted by molar-refractivity contribution is 6.03. The lowest BCUT2D eigenvalue weighted by atomic mass is 10.1. The topological polar surface area (TPSA) is 107 Å². The Hall–Kier alpha value is -3.99. The number of aromatic nitrogens is 3. The van der Waals surface area contributed by atoms with Gasteiger partial charge in [-0.15, -0.1) is 0 Å². The summed E-state index contributed by atoms with van der Waals surface area (Å²) in [7, 11) is 0. The van der Waals surface area contributed by atoms with Crippen molar-refractivity contribution in [3.05, 3.63) is 60.6 Å². The number of benzene rings is 1. The molecular formula is C21H19N7O. The minimum absolute atomic E-state index is 0.0706. The first-order chi connectivity index (χ1) is 14.2. The quantitative estimate of drug-likeness (QED) is 0.697. The molecule has 3 heterocycles. The molecule has 0 saturated carbocycles. The van der Waals surface area contributed by atoms with Crippen LogP contribution in [0.4, 0.5) is 22.1 Å². The fourth-order valence-electron chi connectivity index (χ4n) is 3.26. The van der Waals surface area contributed by atoms with Crippen LogP contribution in [0, 0.1) is 11.3 Å². The number of urea groups is 1. The Morgan fingerprint density at radius 3 is 3.00 bits per heavy atom. The molecule has 2 aromatic heterocycles. The van der Waals surface area contributed by atoms with E-state index >= 15 is 0 Å². The number of nitrogens with one attached hydrogen (secondary N) is 2. The second kappa shape index (κ2) is 7.94. The van der Waals surface area contributed by atoms with Crippen molar-refractivity contribution in [1.29, 1.82) is 5.26 Å². The van der Waals surface area contributed by atoms with Crippen LogP contribution in [0.15, 0.2) is 55.0 Å². The molecule has 0 unspecified atom stereocenters. The van der Waals surface area contributed by atoms with E-state index in [0.29, 0.717) is 22.9 Å². The van der Waals surface area contributed by atoms with Crippen LogP contribution in [-0.4, -0.2) is 33.6 Å². The average molecular weight is 385 g/mol. The maximum absolute atomic E-state index is 13.1. The summed E-state index contributed by atoms with van der Waals surface area (Å²) in [6, 6.07) is 14.5. The molecule has 0 radical (unpaired) electrons. The fraction of sp³-hybridized carbons (Fsp3) is 0.190. The molecule has 144 valence electrons. The molecule has 1 aromatic carbocycles. The zero-order valence-corrected chi connectivity index (χ0v) is 15.8. The van der Waals surface area contributed by atoms with Gasteiger partial charge in [0, 0.05) is 24.3 Å². The van der Waals surface area contributed by atoms with Crippen molar-refractivity contribution >= 4 is 23.4 Å². The molecule has 29 heavy (non-hydrogen) atoms. The lowest BCUT2D eigenvalue weighted by Crippen LogP contribution is -2.42. The van der Waals surface area contributed by atoms with E-state index in [2.05, 4.69) is 26.7 Å². The van der Waals surface area contributed by atoms with Gasteiger partial charge in [-0.25, -0.2) is 19.7 Å². The minimum atomic E-state index is -0.309. The van der Waals surface area contributed by atoms with Gasteiger partial charge in [0.15, 0.2) is 5.82 Å². The van der Waals surface area contributed by atoms with E-state index in [9.17, 15) is 10.1 Å². The van der Waals surface area contributed by atoms with E-state index < -0.39 is 0 Å². The Bertz CT molecular complexity index is 1080. The van der Waals surface area contributed by atoms with Crippen molar-refractivity contribution in [2.45, 2.75) is 19.4 Å². The Morgan fingerprint density at radius 2 is 2.21 bits per heavy atom. The van der Waals surface area contributed by atoms with Crippen LogP contribution in [0.25, 0.3) is 11.3 Å². The number of fused-ring (bicyclic) bond motifs is 1. The molecule has 1 atom stereocenters. The summed E-state index contributed by atoms with van der Waals surface area (Å²) in [5.74, 6) is 0.968. The average Bonchev–Trinajstić information content (AvgIpc) is 2.92. The standard InChI is InChI=1S/C21H19N7O/c1-14-7-10-24-18-6-5-17(16-4-2-3-15(11-16)12-22)26-20(18)28(14)21(29)27-19-8-9-23-13-25-19/h2-6,8-9,11,13-14,24H,7,10H2,1H3,(H,23,25,27,29)/t14-/m1/s1. The number of amides is 2. The van der Waals surface area contributed by atoms with Crippen LogP contribution in [0.1, 0.15) is 18.9 Å². The summed E-state index contributed by atoms with van der Waals surface area (Å²) in [5.41, 5.74) is 2.85. The van der Waals surface area contributed by atoms with Crippen molar-refractivity contribution in [2.75, 3.05) is 22.1 Å². The molecule has 2 amide bonds. The Labute approximate surface area is 168 Å². The van der Waals surface area contributed by atoms with Crippen molar-refractivity contribution in [2.24, 2.45) is 0 Å². The predicted molar refractivity (Wildman–Crippen MR) is 110 cm³/mol. The molecule has 1 aliphatic heterocycles. The van der Waals surface area contributed by atoms with E-state index in [0.717, 1.165) is 24.2 Å². The molecule has 0 saturated heterocycles. The zero-order chi connectivity index (χ0) is 20.2. The number of pyridine rings is 1. The Balaban J connectivity index is 1.73. The normalized spacial score (nSPS) is 15.4. The van der Waals surface area contributed by atoms with Crippen LogP contribution < -0.4 is 15.5 Å². The first-order valence-corrected chi connectivity index (χ1v) is 9.27. The third kappa shape index (κ3) is 3.84. The van der Waals surface area contributed by atoms with Gasteiger partial charge in [-0.05, 0) is 43.7 Å². The second-order valence-corrected chi connectivity index (χ2v) is 6.72. The SMILES string of the molecule is C[C@@H]1CCNc2ccc(-c3cccc(C#N)c3)nc2N1C(=O)Nc1ccncn1. The first kappa shape index (κ1) is 18.4. The molecule has 3 aromatic rings. The smallest absolute Gasteiger partial charge is 0.328 e. The third-order valence-corrected chi connectivity index (χ3v) is 4.74. The van der Waals surface area contributed by atoms with E-state index in [-0.39, 0.29) is 12.1 Å². The van der Waals surface area contributed by atoms with E-state index in [1.54, 1.807) is 29.3 Å². The number of hydrogen-bond donors (Lipinski definition) is 2. The molecular weight excluding hydrogens is 366 g/mol. The maximum atomic E-state index is 13.1. The van der Waals surface area contributed by atoms with Crippen LogP contribution >= 0.6 is 0 Å². The van der Waals surface area contributed by atoms with Crippen molar-refractivity contribution in [1.82, 2.24) is 15.0 Å². The highest BCUT2D eigenvalue weighted by atomic mass is 16.2. The van der Waals surface area contributed by atoms with Gasteiger partial charge >= 0.3 is 6.03 Å². The number of carbonyl (C=O) groups excluding carboxylic acids is 1. The molecule has 0 fully saturated rings. The number of rotatable bonds is 2. The van der Waals surface area contributed by atoms with E-state index in [4.69, 9.17) is 4.98 Å². The van der Waals surface area contributed by atoms with Crippen molar-refractivity contribution in [3.8, 4) is 17.3 Å². The molecule has 8 nitrogen and oxygen atoms in total. The monoisotopic (exact) mass is 385 g/mol. The van der Waals surface area contributed by atoms with Gasteiger partial charge in [0.25, 0.3) is 0 Å². The van der Waals surface area contributed by atoms with Crippen molar-refractivity contribution < 1.29 is 4.79 Å². The van der Waals surface area contributed by atoms with Crippen molar-refractivity contribution in [3.63, 3.8) is 0 Å². The number of carbonyl (C=O) groups is 1. The molecule has 1 aliphatic rings. The zero-order valence-electron chi connectivity index (χ0n) is 15.8. The highest BCUT2D eigenvalue weighted by Gasteiger charge is 2.28. The molecule has 0 aliphatic carbocycles. The summed E-state index contributed by atoms with van der Waals surface area (Å²) in [5, 5.41) is 15.3. The van der Waals surface area contributed by atoms with Crippen LogP contribution in [0.5, 0.6) is 0 Å². The third-order valence-electron chi connectivity index (χ3n) is 4.74. The fourth-order valence-corrected chi connectivity index (χ4v) is 3.26.